The van der Waals surface area contributed by atoms with Crippen molar-refractivity contribution in [2.75, 3.05) is 18.0 Å². The molecule has 1 aromatic heterocycles. The molecule has 0 radical (unpaired) electrons. The molecule has 1 aliphatic heterocycles. The number of rotatable bonds is 2. The molecule has 0 aliphatic carbocycles. The fourth-order valence-corrected chi connectivity index (χ4v) is 2.15. The lowest BCUT2D eigenvalue weighted by Gasteiger charge is -2.43. The minimum absolute atomic E-state index is 0.0376. The van der Waals surface area contributed by atoms with Crippen molar-refractivity contribution < 1.29 is 4.79 Å². The monoisotopic (exact) mass is 234 g/mol. The van der Waals surface area contributed by atoms with Gasteiger partial charge in [0.2, 0.25) is 5.91 Å². The topological polar surface area (TPSA) is 71.2 Å². The molecule has 0 saturated carbocycles. The second-order valence-corrected chi connectivity index (χ2v) is 4.68. The van der Waals surface area contributed by atoms with Crippen LogP contribution in [0.25, 0.3) is 0 Å². The summed E-state index contributed by atoms with van der Waals surface area (Å²) in [7, 11) is 0. The summed E-state index contributed by atoms with van der Waals surface area (Å²) in [4.78, 5) is 18.1. The van der Waals surface area contributed by atoms with Crippen molar-refractivity contribution >= 4 is 11.6 Å². The van der Waals surface area contributed by atoms with Crippen LogP contribution in [-0.4, -0.2) is 29.5 Å². The highest BCUT2D eigenvalue weighted by Crippen LogP contribution is 2.28. The summed E-state index contributed by atoms with van der Waals surface area (Å²) in [5, 5.41) is 2.88. The van der Waals surface area contributed by atoms with Crippen LogP contribution in [0.15, 0.2) is 18.5 Å². The molecular formula is C12H18N4O. The lowest BCUT2D eigenvalue weighted by atomic mass is 9.97. The van der Waals surface area contributed by atoms with E-state index in [9.17, 15) is 4.79 Å². The van der Waals surface area contributed by atoms with E-state index in [-0.39, 0.29) is 5.91 Å². The van der Waals surface area contributed by atoms with Crippen LogP contribution in [0.5, 0.6) is 0 Å². The maximum atomic E-state index is 11.9. The lowest BCUT2D eigenvalue weighted by Crippen LogP contribution is -2.62. The maximum absolute atomic E-state index is 11.9. The normalized spacial score (nSPS) is 19.0. The Morgan fingerprint density at radius 1 is 1.59 bits per heavy atom. The van der Waals surface area contributed by atoms with Gasteiger partial charge in [-0.3, -0.25) is 9.78 Å². The summed E-state index contributed by atoms with van der Waals surface area (Å²) in [5.74, 6) is 0.0376. The van der Waals surface area contributed by atoms with Gasteiger partial charge >= 0.3 is 0 Å². The van der Waals surface area contributed by atoms with Gasteiger partial charge in [-0.25, -0.2) is 0 Å². The highest BCUT2D eigenvalue weighted by molar-refractivity contribution is 5.90. The van der Waals surface area contributed by atoms with Crippen molar-refractivity contribution in [1.29, 1.82) is 0 Å². The Kier molecular flexibility index (Phi) is 3.02. The average molecular weight is 234 g/mol. The van der Waals surface area contributed by atoms with Gasteiger partial charge < -0.3 is 16.0 Å². The van der Waals surface area contributed by atoms with Gasteiger partial charge in [0, 0.05) is 25.8 Å². The highest BCUT2D eigenvalue weighted by Gasteiger charge is 2.38. The quantitative estimate of drug-likeness (QED) is 0.769. The summed E-state index contributed by atoms with van der Waals surface area (Å²) in [6.07, 6.45) is 3.51. The van der Waals surface area contributed by atoms with E-state index < -0.39 is 5.54 Å². The average Bonchev–Trinajstić information content (AvgIpc) is 2.33. The van der Waals surface area contributed by atoms with E-state index in [1.807, 2.05) is 19.9 Å². The number of carbonyl (C=O) groups excluding carboxylic acids is 1. The Morgan fingerprint density at radius 3 is 3.06 bits per heavy atom. The highest BCUT2D eigenvalue weighted by atomic mass is 16.2. The van der Waals surface area contributed by atoms with E-state index >= 15 is 0 Å². The fraction of sp³-hybridized carbons (Fsp3) is 0.500. The number of aromatic nitrogens is 1. The SMILES string of the molecule is CC1(C)C(=O)NCCN1c1cnccc1CN. The Hall–Kier alpha value is -1.62. The first kappa shape index (κ1) is 11.9. The standard InChI is InChI=1S/C12H18N4O/c1-12(2)11(17)15-5-6-16(12)10-8-14-4-3-9(10)7-13/h3-4,8H,5-7,13H2,1-2H3,(H,15,17). The number of hydrogen-bond acceptors (Lipinski definition) is 4. The molecule has 0 spiro atoms. The third kappa shape index (κ3) is 1.98. The fourth-order valence-electron chi connectivity index (χ4n) is 2.15. The number of amides is 1. The van der Waals surface area contributed by atoms with Gasteiger partial charge in [-0.15, -0.1) is 0 Å². The van der Waals surface area contributed by atoms with E-state index in [1.165, 1.54) is 0 Å². The molecule has 1 aromatic rings. The van der Waals surface area contributed by atoms with Gasteiger partial charge in [0.1, 0.15) is 5.54 Å². The van der Waals surface area contributed by atoms with E-state index in [0.717, 1.165) is 17.8 Å². The molecule has 1 amide bonds. The molecule has 1 aliphatic rings. The predicted octanol–water partition coefficient (Wildman–Crippen LogP) is 0.255. The zero-order chi connectivity index (χ0) is 12.5. The van der Waals surface area contributed by atoms with Gasteiger partial charge in [-0.05, 0) is 25.5 Å². The molecule has 1 fully saturated rings. The zero-order valence-corrected chi connectivity index (χ0v) is 10.2. The third-order valence-electron chi connectivity index (χ3n) is 3.25. The third-order valence-corrected chi connectivity index (χ3v) is 3.25. The lowest BCUT2D eigenvalue weighted by molar-refractivity contribution is -0.126. The summed E-state index contributed by atoms with van der Waals surface area (Å²) in [6, 6.07) is 1.90. The molecule has 92 valence electrons. The number of anilines is 1. The molecule has 0 aromatic carbocycles. The molecule has 5 heteroatoms. The van der Waals surface area contributed by atoms with Gasteiger partial charge in [-0.2, -0.15) is 0 Å². The first-order valence-corrected chi connectivity index (χ1v) is 5.76. The molecule has 2 heterocycles. The number of hydrogen-bond donors (Lipinski definition) is 2. The van der Waals surface area contributed by atoms with E-state index in [0.29, 0.717) is 13.1 Å². The van der Waals surface area contributed by atoms with Crippen LogP contribution >= 0.6 is 0 Å². The van der Waals surface area contributed by atoms with Crippen molar-refractivity contribution in [3.05, 3.63) is 24.0 Å². The van der Waals surface area contributed by atoms with Crippen LogP contribution in [0.3, 0.4) is 0 Å². The summed E-state index contributed by atoms with van der Waals surface area (Å²) in [5.41, 5.74) is 7.13. The second-order valence-electron chi connectivity index (χ2n) is 4.68. The number of pyridine rings is 1. The van der Waals surface area contributed by atoms with Gasteiger partial charge in [-0.1, -0.05) is 0 Å². The number of carbonyl (C=O) groups is 1. The van der Waals surface area contributed by atoms with Gasteiger partial charge in [0.25, 0.3) is 0 Å². The molecular weight excluding hydrogens is 216 g/mol. The van der Waals surface area contributed by atoms with E-state index in [4.69, 9.17) is 5.73 Å². The first-order chi connectivity index (χ1) is 8.07. The molecule has 0 atom stereocenters. The number of nitrogens with one attached hydrogen (secondary N) is 1. The van der Waals surface area contributed by atoms with Crippen molar-refractivity contribution in [2.24, 2.45) is 5.73 Å². The van der Waals surface area contributed by atoms with Crippen molar-refractivity contribution in [3.8, 4) is 0 Å². The van der Waals surface area contributed by atoms with Crippen LogP contribution < -0.4 is 16.0 Å². The van der Waals surface area contributed by atoms with Crippen LogP contribution in [0, 0.1) is 0 Å². The molecule has 0 unspecified atom stereocenters. The Bertz CT molecular complexity index is 430. The maximum Gasteiger partial charge on any atom is 0.245 e. The van der Waals surface area contributed by atoms with Crippen molar-refractivity contribution in [2.45, 2.75) is 25.9 Å². The van der Waals surface area contributed by atoms with Crippen LogP contribution in [0.1, 0.15) is 19.4 Å². The van der Waals surface area contributed by atoms with Crippen LogP contribution in [0.2, 0.25) is 0 Å². The van der Waals surface area contributed by atoms with E-state index in [2.05, 4.69) is 15.2 Å². The summed E-state index contributed by atoms with van der Waals surface area (Å²) < 4.78 is 0. The van der Waals surface area contributed by atoms with Crippen molar-refractivity contribution in [1.82, 2.24) is 10.3 Å². The Balaban J connectivity index is 2.41. The van der Waals surface area contributed by atoms with Crippen LogP contribution in [-0.2, 0) is 11.3 Å². The largest absolute Gasteiger partial charge is 0.354 e. The summed E-state index contributed by atoms with van der Waals surface area (Å²) >= 11 is 0. The van der Waals surface area contributed by atoms with Crippen LogP contribution in [0.4, 0.5) is 5.69 Å². The Morgan fingerprint density at radius 2 is 2.35 bits per heavy atom. The summed E-state index contributed by atoms with van der Waals surface area (Å²) in [6.45, 7) is 5.70. The minimum atomic E-state index is -0.564. The minimum Gasteiger partial charge on any atom is -0.354 e. The second kappa shape index (κ2) is 4.33. The van der Waals surface area contributed by atoms with Gasteiger partial charge in [0.15, 0.2) is 0 Å². The Labute approximate surface area is 101 Å². The smallest absolute Gasteiger partial charge is 0.245 e. The zero-order valence-electron chi connectivity index (χ0n) is 10.2. The molecule has 1 saturated heterocycles. The number of nitrogens with zero attached hydrogens (tertiary/aromatic N) is 2. The van der Waals surface area contributed by atoms with Gasteiger partial charge in [0.05, 0.1) is 11.9 Å². The van der Waals surface area contributed by atoms with E-state index in [1.54, 1.807) is 12.4 Å². The predicted molar refractivity (Wildman–Crippen MR) is 66.6 cm³/mol. The molecule has 17 heavy (non-hydrogen) atoms. The first-order valence-electron chi connectivity index (χ1n) is 5.76. The molecule has 2 rings (SSSR count). The molecule has 3 N–H and O–H groups in total. The number of nitrogens with two attached hydrogens (primary N) is 1. The van der Waals surface area contributed by atoms with Crippen molar-refractivity contribution in [3.63, 3.8) is 0 Å². The molecule has 0 bridgehead atoms. The number of piperazine rings is 1. The molecule has 5 nitrogen and oxygen atoms in total.